The van der Waals surface area contributed by atoms with Crippen molar-refractivity contribution in [2.24, 2.45) is 0 Å². The highest BCUT2D eigenvalue weighted by molar-refractivity contribution is 7.92. The first-order chi connectivity index (χ1) is 17.6. The topological polar surface area (TPSA) is 119 Å². The normalized spacial score (nSPS) is 11.7. The zero-order valence-electron chi connectivity index (χ0n) is 19.5. The fraction of sp³-hybridized carbons (Fsp3) is 0.174. The molecule has 0 saturated heterocycles. The zero-order chi connectivity index (χ0) is 28.4. The Balaban J connectivity index is 2.12. The smallest absolute Gasteiger partial charge is 0.418 e. The highest BCUT2D eigenvalue weighted by atomic mass is 35.5. The van der Waals surface area contributed by atoms with Gasteiger partial charge in [-0.05, 0) is 49.4 Å². The van der Waals surface area contributed by atoms with Gasteiger partial charge in [0, 0.05) is 21.7 Å². The summed E-state index contributed by atoms with van der Waals surface area (Å²) in [5.41, 5.74) is -2.45. The maximum absolute atomic E-state index is 13.7. The van der Waals surface area contributed by atoms with Gasteiger partial charge in [-0.15, -0.1) is 0 Å². The van der Waals surface area contributed by atoms with Gasteiger partial charge in [-0.25, -0.2) is 8.42 Å². The minimum absolute atomic E-state index is 0.0464. The standard InChI is InChI=1S/C23H18Cl2F3N3O6S/c1-13-3-6-16(11-19(13)31(33)34)38(35,36)30(20-10-15(25)5-8-21(20)37-2)12-22(32)29-18-7-4-14(24)9-17(18)23(26,27)28/h3-11H,12H2,1-2H3,(H,29,32). The Hall–Kier alpha value is -3.55. The second-order valence-corrected chi connectivity index (χ2v) is 10.5. The summed E-state index contributed by atoms with van der Waals surface area (Å²) in [6.45, 7) is 0.366. The van der Waals surface area contributed by atoms with Gasteiger partial charge < -0.3 is 10.1 Å². The predicted octanol–water partition coefficient (Wildman–Crippen LogP) is 6.07. The molecule has 3 aromatic carbocycles. The summed E-state index contributed by atoms with van der Waals surface area (Å²) in [7, 11) is -3.50. The minimum atomic E-state index is -4.88. The predicted molar refractivity (Wildman–Crippen MR) is 135 cm³/mol. The second-order valence-electron chi connectivity index (χ2n) is 7.77. The average Bonchev–Trinajstić information content (AvgIpc) is 2.82. The molecule has 0 aliphatic rings. The van der Waals surface area contributed by atoms with Gasteiger partial charge in [-0.3, -0.25) is 19.2 Å². The number of sulfonamides is 1. The molecule has 3 aromatic rings. The van der Waals surface area contributed by atoms with Gasteiger partial charge in [0.25, 0.3) is 15.7 Å². The molecule has 1 amide bonds. The Bertz CT molecular complexity index is 1520. The Morgan fingerprint density at radius 2 is 1.71 bits per heavy atom. The molecule has 1 N–H and O–H groups in total. The molecule has 202 valence electrons. The lowest BCUT2D eigenvalue weighted by molar-refractivity contribution is -0.385. The molecule has 0 radical (unpaired) electrons. The molecular formula is C23H18Cl2F3N3O6S. The molecule has 0 aliphatic carbocycles. The first-order valence-corrected chi connectivity index (χ1v) is 12.6. The molecule has 0 spiro atoms. The lowest BCUT2D eigenvalue weighted by Crippen LogP contribution is -2.38. The maximum Gasteiger partial charge on any atom is 0.418 e. The summed E-state index contributed by atoms with van der Waals surface area (Å²) in [6.07, 6.45) is -4.88. The van der Waals surface area contributed by atoms with Crippen LogP contribution in [0.1, 0.15) is 11.1 Å². The van der Waals surface area contributed by atoms with E-state index in [2.05, 4.69) is 5.32 Å². The number of benzene rings is 3. The monoisotopic (exact) mass is 591 g/mol. The van der Waals surface area contributed by atoms with Crippen molar-refractivity contribution in [2.45, 2.75) is 18.0 Å². The van der Waals surface area contributed by atoms with Gasteiger partial charge in [0.1, 0.15) is 12.3 Å². The summed E-state index contributed by atoms with van der Waals surface area (Å²) >= 11 is 11.7. The molecule has 0 atom stereocenters. The number of nitro benzene ring substituents is 1. The van der Waals surface area contributed by atoms with Crippen LogP contribution in [0.15, 0.2) is 59.5 Å². The molecule has 0 unspecified atom stereocenters. The third-order valence-corrected chi connectivity index (χ3v) is 7.45. The van der Waals surface area contributed by atoms with E-state index >= 15 is 0 Å². The zero-order valence-corrected chi connectivity index (χ0v) is 21.9. The van der Waals surface area contributed by atoms with Crippen LogP contribution in [-0.2, 0) is 21.0 Å². The summed E-state index contributed by atoms with van der Waals surface area (Å²) < 4.78 is 73.6. The minimum Gasteiger partial charge on any atom is -0.495 e. The van der Waals surface area contributed by atoms with Crippen LogP contribution >= 0.6 is 23.2 Å². The van der Waals surface area contributed by atoms with Gasteiger partial charge in [-0.1, -0.05) is 29.3 Å². The van der Waals surface area contributed by atoms with Crippen LogP contribution in [0.4, 0.5) is 30.2 Å². The fourth-order valence-electron chi connectivity index (χ4n) is 3.41. The lowest BCUT2D eigenvalue weighted by atomic mass is 10.1. The lowest BCUT2D eigenvalue weighted by Gasteiger charge is -2.26. The van der Waals surface area contributed by atoms with Crippen molar-refractivity contribution in [3.8, 4) is 5.75 Å². The number of halogens is 5. The first-order valence-electron chi connectivity index (χ1n) is 10.4. The molecule has 0 aliphatic heterocycles. The van der Waals surface area contributed by atoms with E-state index in [0.29, 0.717) is 10.4 Å². The summed E-state index contributed by atoms with van der Waals surface area (Å²) in [4.78, 5) is 23.0. The van der Waals surface area contributed by atoms with Crippen LogP contribution in [0, 0.1) is 17.0 Å². The van der Waals surface area contributed by atoms with Crippen molar-refractivity contribution in [2.75, 3.05) is 23.3 Å². The van der Waals surface area contributed by atoms with Gasteiger partial charge in [0.15, 0.2) is 0 Å². The van der Waals surface area contributed by atoms with E-state index in [1.807, 2.05) is 0 Å². The summed E-state index contributed by atoms with van der Waals surface area (Å²) in [5.74, 6) is -1.21. The Morgan fingerprint density at radius 1 is 1.08 bits per heavy atom. The number of carbonyl (C=O) groups excluding carboxylic acids is 1. The van der Waals surface area contributed by atoms with E-state index in [9.17, 15) is 36.5 Å². The number of amides is 1. The number of nitrogens with zero attached hydrogens (tertiary/aromatic N) is 2. The molecule has 9 nitrogen and oxygen atoms in total. The average molecular weight is 592 g/mol. The number of hydrogen-bond donors (Lipinski definition) is 1. The number of anilines is 2. The number of nitro groups is 1. The SMILES string of the molecule is COc1ccc(Cl)cc1N(CC(=O)Nc1ccc(Cl)cc1C(F)(F)F)S(=O)(=O)c1ccc(C)c([N+](=O)[O-])c1. The number of alkyl halides is 3. The second kappa shape index (κ2) is 11.1. The van der Waals surface area contributed by atoms with Crippen LogP contribution in [0.2, 0.25) is 10.0 Å². The third-order valence-electron chi connectivity index (χ3n) is 5.22. The Labute approximate surface area is 224 Å². The molecule has 0 saturated carbocycles. The van der Waals surface area contributed by atoms with Crippen LogP contribution in [0.5, 0.6) is 5.75 Å². The van der Waals surface area contributed by atoms with Gasteiger partial charge >= 0.3 is 6.18 Å². The highest BCUT2D eigenvalue weighted by Crippen LogP contribution is 2.38. The van der Waals surface area contributed by atoms with E-state index in [4.69, 9.17) is 27.9 Å². The van der Waals surface area contributed by atoms with Crippen molar-refractivity contribution in [1.29, 1.82) is 0 Å². The largest absolute Gasteiger partial charge is 0.495 e. The van der Waals surface area contributed by atoms with Crippen molar-refractivity contribution in [3.05, 3.63) is 85.9 Å². The molecule has 3 rings (SSSR count). The van der Waals surface area contributed by atoms with Gasteiger partial charge in [-0.2, -0.15) is 13.2 Å². The molecule has 0 fully saturated rings. The molecule has 38 heavy (non-hydrogen) atoms. The van der Waals surface area contributed by atoms with Crippen LogP contribution in [0.3, 0.4) is 0 Å². The van der Waals surface area contributed by atoms with Gasteiger partial charge in [0.2, 0.25) is 5.91 Å². The number of carbonyl (C=O) groups is 1. The van der Waals surface area contributed by atoms with Crippen LogP contribution < -0.4 is 14.4 Å². The number of aryl methyl sites for hydroxylation is 1. The van der Waals surface area contributed by atoms with E-state index in [-0.39, 0.29) is 27.0 Å². The Morgan fingerprint density at radius 3 is 2.32 bits per heavy atom. The molecule has 15 heteroatoms. The molecule has 0 aromatic heterocycles. The number of nitrogens with one attached hydrogen (secondary N) is 1. The van der Waals surface area contributed by atoms with Crippen LogP contribution in [0.25, 0.3) is 0 Å². The Kier molecular flexibility index (Phi) is 8.44. The van der Waals surface area contributed by atoms with Gasteiger partial charge in [0.05, 0.1) is 33.9 Å². The molecule has 0 bridgehead atoms. The third kappa shape index (κ3) is 6.29. The highest BCUT2D eigenvalue weighted by Gasteiger charge is 2.35. The van der Waals surface area contributed by atoms with E-state index in [1.54, 1.807) is 0 Å². The van der Waals surface area contributed by atoms with Crippen LogP contribution in [-0.4, -0.2) is 32.9 Å². The van der Waals surface area contributed by atoms with Crippen molar-refractivity contribution >= 4 is 56.2 Å². The van der Waals surface area contributed by atoms with Crippen molar-refractivity contribution < 1.29 is 36.0 Å². The number of methoxy groups -OCH3 is 1. The number of rotatable bonds is 8. The van der Waals surface area contributed by atoms with E-state index in [1.165, 1.54) is 32.2 Å². The maximum atomic E-state index is 13.7. The summed E-state index contributed by atoms with van der Waals surface area (Å²) in [5, 5.41) is 13.3. The number of ether oxygens (including phenoxy) is 1. The number of hydrogen-bond acceptors (Lipinski definition) is 6. The van der Waals surface area contributed by atoms with Crippen molar-refractivity contribution in [3.63, 3.8) is 0 Å². The quantitative estimate of drug-likeness (QED) is 0.251. The fourth-order valence-corrected chi connectivity index (χ4v) is 5.19. The molecular weight excluding hydrogens is 574 g/mol. The van der Waals surface area contributed by atoms with Crippen molar-refractivity contribution in [1.82, 2.24) is 0 Å². The summed E-state index contributed by atoms with van der Waals surface area (Å²) in [6, 6.07) is 9.63. The van der Waals surface area contributed by atoms with E-state index in [0.717, 1.165) is 30.3 Å². The molecule has 0 heterocycles. The van der Waals surface area contributed by atoms with E-state index < -0.39 is 55.4 Å². The first kappa shape index (κ1) is 29.0.